The predicted octanol–water partition coefficient (Wildman–Crippen LogP) is 6.31. The molecule has 0 aromatic carbocycles. The van der Waals surface area contributed by atoms with Crippen LogP contribution < -0.4 is 0 Å². The summed E-state index contributed by atoms with van der Waals surface area (Å²) >= 11 is -2.59. The van der Waals surface area contributed by atoms with Crippen LogP contribution in [-0.4, -0.2) is 37.9 Å². The Morgan fingerprint density at radius 2 is 1.67 bits per heavy atom. The normalized spacial score (nSPS) is 20.0. The van der Waals surface area contributed by atoms with Gasteiger partial charge in [0.1, 0.15) is 0 Å². The molecule has 0 spiro atoms. The summed E-state index contributed by atoms with van der Waals surface area (Å²) in [5.41, 5.74) is 0. The second kappa shape index (κ2) is 14.4. The van der Waals surface area contributed by atoms with Crippen LogP contribution in [0.4, 0.5) is 0 Å². The molecule has 24 heavy (non-hydrogen) atoms. The fourth-order valence-electron chi connectivity index (χ4n) is 3.30. The van der Waals surface area contributed by atoms with Crippen LogP contribution in [0.15, 0.2) is 0 Å². The first kappa shape index (κ1) is 19.1. The van der Waals surface area contributed by atoms with Gasteiger partial charge in [-0.2, -0.15) is 0 Å². The number of rotatable bonds is 12. The van der Waals surface area contributed by atoms with Gasteiger partial charge in [-0.3, -0.25) is 0 Å². The summed E-state index contributed by atoms with van der Waals surface area (Å²) in [6.07, 6.45) is 8.67. The Bertz CT molecular complexity index is 404. The molecule has 0 bridgehead atoms. The van der Waals surface area contributed by atoms with E-state index in [1.54, 1.807) is 0 Å². The van der Waals surface area contributed by atoms with Crippen molar-refractivity contribution in [2.24, 2.45) is 0 Å². The van der Waals surface area contributed by atoms with Crippen LogP contribution in [0.1, 0.15) is 87.7 Å². The quantitative estimate of drug-likeness (QED) is 0.259. The number of hydrogen-bond donors (Lipinski definition) is 0. The fourth-order valence-corrected chi connectivity index (χ4v) is 16.3. The third kappa shape index (κ3) is 9.68. The van der Waals surface area contributed by atoms with E-state index in [1.807, 2.05) is 0 Å². The van der Waals surface area contributed by atoms with Crippen LogP contribution in [0.2, 0.25) is 13.3 Å². The zero-order chi connectivity index (χ0) is 19.3. The summed E-state index contributed by atoms with van der Waals surface area (Å²) in [4.78, 5) is 0. The molecule has 0 saturated carbocycles. The summed E-state index contributed by atoms with van der Waals surface area (Å²) in [6, 6.07) is 0. The van der Waals surface area contributed by atoms with Crippen LogP contribution >= 0.6 is 0 Å². The second-order valence-corrected chi connectivity index (χ2v) is 19.4. The third-order valence-corrected chi connectivity index (χ3v) is 18.0. The van der Waals surface area contributed by atoms with Crippen LogP contribution in [0.3, 0.4) is 0 Å². The van der Waals surface area contributed by atoms with Crippen molar-refractivity contribution in [3.8, 4) is 9.86 Å². The van der Waals surface area contributed by atoms with Crippen molar-refractivity contribution in [1.82, 2.24) is 0 Å². The molecule has 140 valence electrons. The average Bonchev–Trinajstić information content (AvgIpc) is 2.66. The van der Waals surface area contributed by atoms with Crippen molar-refractivity contribution in [3.05, 3.63) is 0 Å². The summed E-state index contributed by atoms with van der Waals surface area (Å²) in [6.45, 7) is 7.51. The van der Waals surface area contributed by atoms with E-state index in [9.17, 15) is 0 Å². The minimum absolute atomic E-state index is 0.0297. The molecule has 1 aliphatic heterocycles. The first-order chi connectivity index (χ1) is 12.5. The minimum atomic E-state index is -2.59. The molecule has 1 rings (SSSR count). The van der Waals surface area contributed by atoms with E-state index in [4.69, 9.17) is 12.2 Å². The van der Waals surface area contributed by atoms with Gasteiger partial charge in [0.15, 0.2) is 0 Å². The van der Waals surface area contributed by atoms with E-state index >= 15 is 0 Å². The Morgan fingerprint density at radius 3 is 2.17 bits per heavy atom. The van der Waals surface area contributed by atoms with Crippen molar-refractivity contribution < 1.29 is 12.2 Å². The Balaban J connectivity index is 2.77. The van der Waals surface area contributed by atoms with E-state index < -0.39 is 24.7 Å². The average molecular weight is 445 g/mol. The molecule has 0 amide bonds. The van der Waals surface area contributed by atoms with Crippen LogP contribution in [0.25, 0.3) is 0 Å². The molecule has 0 aliphatic carbocycles. The molecule has 1 heterocycles. The maximum absolute atomic E-state index is 8.30. The van der Waals surface area contributed by atoms with Gasteiger partial charge in [0, 0.05) is 0 Å². The standard InChI is InChI=1S/C9H13O2.3C4H9.Sn/c1-2-3-7-10-9-6-4-5-8-11-9;3*1-3-4-2;/h9H,3-8H2;3*1,3-4H2,2H3;/i3D2;;;;. The number of ether oxygens (including phenoxy) is 2. The van der Waals surface area contributed by atoms with Gasteiger partial charge >= 0.3 is 158 Å². The van der Waals surface area contributed by atoms with Gasteiger partial charge in [-0.25, -0.2) is 0 Å². The molecule has 2 nitrogen and oxygen atoms in total. The molecule has 1 aliphatic rings. The second-order valence-electron chi connectivity index (χ2n) is 7.12. The molecule has 1 atom stereocenters. The van der Waals surface area contributed by atoms with Gasteiger partial charge < -0.3 is 0 Å². The van der Waals surface area contributed by atoms with Gasteiger partial charge in [0.2, 0.25) is 0 Å². The molecule has 0 radical (unpaired) electrons. The van der Waals surface area contributed by atoms with Crippen molar-refractivity contribution in [2.75, 3.05) is 13.2 Å². The summed E-state index contributed by atoms with van der Waals surface area (Å²) < 4.78 is 35.3. The topological polar surface area (TPSA) is 18.5 Å². The molecular formula is C21H40O2Sn. The molecule has 3 heteroatoms. The van der Waals surface area contributed by atoms with Gasteiger partial charge in [-0.15, -0.1) is 0 Å². The molecule has 1 fully saturated rings. The molecule has 0 aromatic heterocycles. The van der Waals surface area contributed by atoms with Crippen LogP contribution in [0, 0.1) is 9.86 Å². The van der Waals surface area contributed by atoms with Crippen molar-refractivity contribution in [1.29, 1.82) is 0 Å². The molecule has 0 N–H and O–H groups in total. The van der Waals surface area contributed by atoms with Gasteiger partial charge in [-0.05, 0) is 0 Å². The van der Waals surface area contributed by atoms with Gasteiger partial charge in [0.25, 0.3) is 0 Å². The van der Waals surface area contributed by atoms with Gasteiger partial charge in [-0.1, -0.05) is 0 Å². The van der Waals surface area contributed by atoms with Crippen molar-refractivity contribution in [2.45, 2.75) is 105 Å². The van der Waals surface area contributed by atoms with Crippen LogP contribution in [-0.2, 0) is 9.47 Å². The van der Waals surface area contributed by atoms with E-state index in [0.29, 0.717) is 0 Å². The monoisotopic (exact) mass is 446 g/mol. The summed E-state index contributed by atoms with van der Waals surface area (Å²) in [5, 5.41) is 0. The zero-order valence-corrected chi connectivity index (χ0v) is 19.1. The Morgan fingerprint density at radius 1 is 1.04 bits per heavy atom. The molecule has 1 saturated heterocycles. The van der Waals surface area contributed by atoms with Crippen LogP contribution in [0.5, 0.6) is 0 Å². The van der Waals surface area contributed by atoms with E-state index in [-0.39, 0.29) is 12.9 Å². The SMILES string of the molecule is [2H]C([2H])(C#[C][Sn]([CH2]CCC)([CH2]CCC)[CH2]CCC)COC1CCCCO1. The molecule has 0 aromatic rings. The van der Waals surface area contributed by atoms with E-state index in [1.165, 1.54) is 51.8 Å². The summed E-state index contributed by atoms with van der Waals surface area (Å²) in [7, 11) is 0. The van der Waals surface area contributed by atoms with Gasteiger partial charge in [0.05, 0.1) is 0 Å². The molecular weight excluding hydrogens is 403 g/mol. The first-order valence-electron chi connectivity index (χ1n) is 11.2. The summed E-state index contributed by atoms with van der Waals surface area (Å²) in [5.74, 6) is 3.06. The number of unbranched alkanes of at least 4 members (excludes halogenated alkanes) is 3. The zero-order valence-electron chi connectivity index (χ0n) is 18.3. The third-order valence-electron chi connectivity index (χ3n) is 4.92. The van der Waals surface area contributed by atoms with Crippen molar-refractivity contribution in [3.63, 3.8) is 0 Å². The number of hydrogen-bond acceptors (Lipinski definition) is 2. The predicted molar refractivity (Wildman–Crippen MR) is 107 cm³/mol. The Kier molecular flexibility index (Phi) is 11.5. The first-order valence-corrected chi connectivity index (χ1v) is 17.7. The maximum atomic E-state index is 8.30. The van der Waals surface area contributed by atoms with E-state index in [2.05, 4.69) is 30.6 Å². The molecule has 1 unspecified atom stereocenters. The van der Waals surface area contributed by atoms with E-state index in [0.717, 1.165) is 25.9 Å². The Labute approximate surface area is 158 Å². The fraction of sp³-hybridized carbons (Fsp3) is 0.905. The Hall–Kier alpha value is 0.279. The van der Waals surface area contributed by atoms with Crippen molar-refractivity contribution >= 4 is 18.4 Å².